The molecule has 0 fully saturated rings. The molecule has 3 aromatic carbocycles. The zero-order valence-electron chi connectivity index (χ0n) is 17.5. The Morgan fingerprint density at radius 3 is 2.74 bits per heavy atom. The Kier molecular flexibility index (Phi) is 6.63. The van der Waals surface area contributed by atoms with E-state index in [-0.39, 0.29) is 28.9 Å². The van der Waals surface area contributed by atoms with Gasteiger partial charge in [0.05, 0.1) is 16.7 Å². The highest BCUT2D eigenvalue weighted by atomic mass is 16.7. The molecule has 0 bridgehead atoms. The topological polar surface area (TPSA) is 136 Å². The lowest BCUT2D eigenvalue weighted by Gasteiger charge is -2.06. The third kappa shape index (κ3) is 5.46. The van der Waals surface area contributed by atoms with E-state index >= 15 is 0 Å². The maximum atomic E-state index is 12.4. The number of rotatable bonds is 8. The Labute approximate surface area is 192 Å². The molecule has 1 aliphatic rings. The highest BCUT2D eigenvalue weighted by Gasteiger charge is 2.20. The van der Waals surface area contributed by atoms with Crippen molar-refractivity contribution in [2.75, 3.05) is 13.4 Å². The molecule has 0 saturated heterocycles. The van der Waals surface area contributed by atoms with Gasteiger partial charge in [-0.1, -0.05) is 24.3 Å². The van der Waals surface area contributed by atoms with Gasteiger partial charge in [0.25, 0.3) is 10.8 Å². The SMILES string of the molecule is O=C(COc1ccccc1[N+](=O)O)N/N=C/c1cccc(OC(=O)c2ccc3c(c2)OCO3)c1. The Morgan fingerprint density at radius 2 is 1.88 bits per heavy atom. The molecular weight excluding hydrogens is 446 g/mol. The van der Waals surface area contributed by atoms with Crippen LogP contribution < -0.4 is 24.4 Å². The summed E-state index contributed by atoms with van der Waals surface area (Å²) in [6, 6.07) is 17.2. The van der Waals surface area contributed by atoms with E-state index < -0.39 is 18.5 Å². The van der Waals surface area contributed by atoms with Crippen LogP contribution >= 0.6 is 0 Å². The van der Waals surface area contributed by atoms with Gasteiger partial charge in [-0.3, -0.25) is 4.79 Å². The fourth-order valence-corrected chi connectivity index (χ4v) is 2.94. The van der Waals surface area contributed by atoms with Crippen molar-refractivity contribution in [1.82, 2.24) is 5.43 Å². The molecule has 0 saturated carbocycles. The first-order valence-corrected chi connectivity index (χ1v) is 9.91. The lowest BCUT2D eigenvalue weighted by Crippen LogP contribution is -2.24. The average Bonchev–Trinajstić information content (AvgIpc) is 3.31. The number of para-hydroxylation sites is 2. The smallest absolute Gasteiger partial charge is 0.357 e. The second kappa shape index (κ2) is 10.1. The monoisotopic (exact) mass is 464 g/mol. The van der Waals surface area contributed by atoms with Crippen LogP contribution in [0.2, 0.25) is 0 Å². The number of amides is 1. The number of carbonyl (C=O) groups excluding carboxylic acids is 2. The number of hydrazone groups is 1. The van der Waals surface area contributed by atoms with Gasteiger partial charge in [0.15, 0.2) is 18.1 Å². The van der Waals surface area contributed by atoms with Crippen molar-refractivity contribution in [3.63, 3.8) is 0 Å². The van der Waals surface area contributed by atoms with Gasteiger partial charge in [-0.15, -0.1) is 0 Å². The summed E-state index contributed by atoms with van der Waals surface area (Å²) in [7, 11) is 0. The molecule has 172 valence electrons. The zero-order valence-corrected chi connectivity index (χ0v) is 17.5. The van der Waals surface area contributed by atoms with Crippen molar-refractivity contribution >= 4 is 23.8 Å². The van der Waals surface area contributed by atoms with Crippen LogP contribution in [0.15, 0.2) is 71.8 Å². The molecule has 1 heterocycles. The summed E-state index contributed by atoms with van der Waals surface area (Å²) in [4.78, 5) is 35.1. The van der Waals surface area contributed by atoms with Crippen LogP contribution in [0.3, 0.4) is 0 Å². The molecule has 0 unspecified atom stereocenters. The Hall–Kier alpha value is -4.93. The maximum absolute atomic E-state index is 12.4. The fourth-order valence-electron chi connectivity index (χ4n) is 2.94. The minimum atomic E-state index is -0.591. The molecule has 3 aromatic rings. The molecule has 1 amide bonds. The van der Waals surface area contributed by atoms with Gasteiger partial charge in [-0.25, -0.2) is 15.4 Å². The predicted molar refractivity (Wildman–Crippen MR) is 117 cm³/mol. The van der Waals surface area contributed by atoms with Crippen LogP contribution in [0, 0.1) is 4.91 Å². The average molecular weight is 464 g/mol. The molecule has 0 aliphatic carbocycles. The number of nitrogens with zero attached hydrogens (tertiary/aromatic N) is 2. The first-order chi connectivity index (χ1) is 16.5. The summed E-state index contributed by atoms with van der Waals surface area (Å²) < 4.78 is 21.1. The van der Waals surface area contributed by atoms with E-state index in [9.17, 15) is 14.5 Å². The summed E-state index contributed by atoms with van der Waals surface area (Å²) in [6.45, 7) is -0.331. The van der Waals surface area contributed by atoms with Gasteiger partial charge in [0.1, 0.15) is 5.75 Å². The summed E-state index contributed by atoms with van der Waals surface area (Å²) in [5.74, 6) is 0.192. The number of hydrogen-bond donors (Lipinski definition) is 2. The second-order valence-electron chi connectivity index (χ2n) is 6.85. The van der Waals surface area contributed by atoms with E-state index in [1.54, 1.807) is 48.5 Å². The molecule has 0 aromatic heterocycles. The van der Waals surface area contributed by atoms with Crippen molar-refractivity contribution in [3.05, 3.63) is 82.8 Å². The quantitative estimate of drug-likeness (QED) is 0.225. The van der Waals surface area contributed by atoms with Crippen molar-refractivity contribution in [1.29, 1.82) is 0 Å². The highest BCUT2D eigenvalue weighted by Crippen LogP contribution is 2.32. The zero-order chi connectivity index (χ0) is 23.9. The van der Waals surface area contributed by atoms with Gasteiger partial charge in [0, 0.05) is 6.07 Å². The number of esters is 1. The van der Waals surface area contributed by atoms with Crippen LogP contribution in [-0.4, -0.2) is 41.6 Å². The number of hydrogen-bond acceptors (Lipinski definition) is 8. The summed E-state index contributed by atoms with van der Waals surface area (Å²) in [5.41, 5.74) is 3.01. The maximum Gasteiger partial charge on any atom is 0.357 e. The van der Waals surface area contributed by atoms with E-state index in [2.05, 4.69) is 10.5 Å². The van der Waals surface area contributed by atoms with Gasteiger partial charge in [0.2, 0.25) is 12.5 Å². The number of ether oxygens (including phenoxy) is 4. The number of carbonyl (C=O) groups is 2. The molecule has 11 nitrogen and oxygen atoms in total. The normalized spacial score (nSPS) is 11.8. The van der Waals surface area contributed by atoms with E-state index in [4.69, 9.17) is 24.2 Å². The number of fused-ring (bicyclic) bond motifs is 1. The van der Waals surface area contributed by atoms with Gasteiger partial charge in [-0.2, -0.15) is 5.10 Å². The first-order valence-electron chi connectivity index (χ1n) is 9.91. The fraction of sp³-hybridized carbons (Fsp3) is 0.0870. The minimum Gasteiger partial charge on any atom is -0.477 e. The molecular formula is C23H18N3O8+. The van der Waals surface area contributed by atoms with E-state index in [1.165, 1.54) is 24.4 Å². The summed E-state index contributed by atoms with van der Waals surface area (Å²) in [5, 5.41) is 12.9. The van der Waals surface area contributed by atoms with E-state index in [1.807, 2.05) is 0 Å². The standard InChI is InChI=1S/C23H17N3O8/c27-22(13-31-19-7-2-1-6-18(19)26(29)30)25-24-12-15-4-3-5-17(10-15)34-23(28)16-8-9-20-21(11-16)33-14-32-20/h1-12H,13-14H2,(H-,25,27,29,30)/p+1/b24-12+. The summed E-state index contributed by atoms with van der Waals surface area (Å²) in [6.07, 6.45) is 1.36. The van der Waals surface area contributed by atoms with Crippen LogP contribution in [-0.2, 0) is 4.79 Å². The van der Waals surface area contributed by atoms with Gasteiger partial charge < -0.3 is 18.9 Å². The molecule has 34 heavy (non-hydrogen) atoms. The van der Waals surface area contributed by atoms with Crippen molar-refractivity contribution < 1.29 is 38.7 Å². The van der Waals surface area contributed by atoms with Crippen LogP contribution in [0.4, 0.5) is 5.69 Å². The number of benzene rings is 3. The molecule has 0 spiro atoms. The van der Waals surface area contributed by atoms with Gasteiger partial charge >= 0.3 is 11.7 Å². The van der Waals surface area contributed by atoms with Crippen molar-refractivity contribution in [3.8, 4) is 23.0 Å². The third-order valence-electron chi connectivity index (χ3n) is 4.51. The Bertz CT molecular complexity index is 1270. The molecule has 4 rings (SSSR count). The molecule has 2 N–H and O–H groups in total. The van der Waals surface area contributed by atoms with Crippen LogP contribution in [0.1, 0.15) is 15.9 Å². The highest BCUT2D eigenvalue weighted by molar-refractivity contribution is 5.92. The minimum absolute atomic E-state index is 0.0381. The largest absolute Gasteiger partial charge is 0.477 e. The number of nitrogens with one attached hydrogen (secondary N) is 1. The molecule has 0 radical (unpaired) electrons. The lowest BCUT2D eigenvalue weighted by atomic mass is 10.2. The Morgan fingerprint density at radius 1 is 1.06 bits per heavy atom. The first kappa shape index (κ1) is 22.3. The van der Waals surface area contributed by atoms with Gasteiger partial charge in [-0.05, 0) is 42.0 Å². The lowest BCUT2D eigenvalue weighted by molar-refractivity contribution is -0.730. The van der Waals surface area contributed by atoms with Crippen LogP contribution in [0.5, 0.6) is 23.0 Å². The molecule has 11 heteroatoms. The third-order valence-corrected chi connectivity index (χ3v) is 4.51. The molecule has 0 atom stereocenters. The molecule has 1 aliphatic heterocycles. The van der Waals surface area contributed by atoms with E-state index in [0.29, 0.717) is 22.6 Å². The van der Waals surface area contributed by atoms with Crippen molar-refractivity contribution in [2.24, 2.45) is 5.10 Å². The predicted octanol–water partition coefficient (Wildman–Crippen LogP) is 2.96. The van der Waals surface area contributed by atoms with Crippen molar-refractivity contribution in [2.45, 2.75) is 0 Å². The Balaban J connectivity index is 1.31. The van der Waals surface area contributed by atoms with E-state index in [0.717, 1.165) is 0 Å². The van der Waals surface area contributed by atoms with Crippen LogP contribution in [0.25, 0.3) is 0 Å². The second-order valence-corrected chi connectivity index (χ2v) is 6.85. The summed E-state index contributed by atoms with van der Waals surface area (Å²) >= 11 is 0.